The molecule has 27 heavy (non-hydrogen) atoms. The Morgan fingerprint density at radius 2 is 1.96 bits per heavy atom. The quantitative estimate of drug-likeness (QED) is 0.458. The summed E-state index contributed by atoms with van der Waals surface area (Å²) in [6.45, 7) is 2.26. The van der Waals surface area contributed by atoms with E-state index in [1.54, 1.807) is 0 Å². The highest BCUT2D eigenvalue weighted by molar-refractivity contribution is 9.10. The van der Waals surface area contributed by atoms with Crippen molar-refractivity contribution in [3.63, 3.8) is 0 Å². The first-order chi connectivity index (χ1) is 12.9. The van der Waals surface area contributed by atoms with Crippen molar-refractivity contribution in [2.45, 2.75) is 25.2 Å². The summed E-state index contributed by atoms with van der Waals surface area (Å²) in [5.74, 6) is 0.850. The van der Waals surface area contributed by atoms with Crippen LogP contribution in [0, 0.1) is 5.92 Å². The summed E-state index contributed by atoms with van der Waals surface area (Å²) in [5.41, 5.74) is 10.5. The van der Waals surface area contributed by atoms with Gasteiger partial charge in [-0.25, -0.2) is 10.2 Å². The van der Waals surface area contributed by atoms with Crippen molar-refractivity contribution >= 4 is 38.6 Å². The number of benzene rings is 2. The SMILES string of the molecule is CC1(c2ccccc2)CC(/C(=N\NC(N)=O)c2cc3cc(Br)ccc3o2)C1. The third-order valence-corrected chi connectivity index (χ3v) is 5.76. The highest BCUT2D eigenvalue weighted by atomic mass is 79.9. The summed E-state index contributed by atoms with van der Waals surface area (Å²) >= 11 is 3.48. The van der Waals surface area contributed by atoms with E-state index in [0.717, 1.165) is 34.0 Å². The molecule has 2 aromatic carbocycles. The van der Waals surface area contributed by atoms with Gasteiger partial charge < -0.3 is 10.2 Å². The van der Waals surface area contributed by atoms with Crippen molar-refractivity contribution in [1.29, 1.82) is 0 Å². The average molecular weight is 426 g/mol. The van der Waals surface area contributed by atoms with E-state index >= 15 is 0 Å². The number of carbonyl (C=O) groups excluding carboxylic acids is 1. The molecule has 1 aliphatic rings. The Labute approximate surface area is 165 Å². The molecule has 1 aromatic heterocycles. The lowest BCUT2D eigenvalue weighted by Gasteiger charge is -2.45. The second-order valence-electron chi connectivity index (χ2n) is 7.30. The first kappa shape index (κ1) is 17.8. The molecule has 1 saturated carbocycles. The molecule has 0 spiro atoms. The maximum atomic E-state index is 11.2. The molecular weight excluding hydrogens is 406 g/mol. The molecule has 3 aromatic rings. The Kier molecular flexibility index (Phi) is 4.52. The summed E-state index contributed by atoms with van der Waals surface area (Å²) < 4.78 is 6.99. The Bertz CT molecular complexity index is 1020. The fourth-order valence-electron chi connectivity index (χ4n) is 3.90. The van der Waals surface area contributed by atoms with E-state index in [1.165, 1.54) is 5.56 Å². The molecule has 6 heteroatoms. The number of nitrogens with zero attached hydrogens (tertiary/aromatic N) is 1. The van der Waals surface area contributed by atoms with Gasteiger partial charge in [-0.15, -0.1) is 0 Å². The molecule has 1 aliphatic carbocycles. The second-order valence-corrected chi connectivity index (χ2v) is 8.21. The number of nitrogens with one attached hydrogen (secondary N) is 1. The largest absolute Gasteiger partial charge is 0.455 e. The molecule has 0 radical (unpaired) electrons. The van der Waals surface area contributed by atoms with Crippen LogP contribution in [0.3, 0.4) is 0 Å². The number of amides is 2. The van der Waals surface area contributed by atoms with Gasteiger partial charge in [0.05, 0.1) is 0 Å². The Morgan fingerprint density at radius 3 is 2.67 bits per heavy atom. The summed E-state index contributed by atoms with van der Waals surface area (Å²) in [7, 11) is 0. The highest BCUT2D eigenvalue weighted by Crippen LogP contribution is 2.49. The molecule has 2 amide bonds. The zero-order chi connectivity index (χ0) is 19.0. The normalized spacial score (nSPS) is 22.4. The fraction of sp³-hybridized carbons (Fsp3) is 0.238. The minimum absolute atomic E-state index is 0.0917. The van der Waals surface area contributed by atoms with Crippen LogP contribution in [-0.4, -0.2) is 11.7 Å². The second kappa shape index (κ2) is 6.85. The number of nitrogens with two attached hydrogens (primary N) is 1. The van der Waals surface area contributed by atoms with Crippen LogP contribution in [0.5, 0.6) is 0 Å². The number of carbonyl (C=O) groups is 1. The summed E-state index contributed by atoms with van der Waals surface area (Å²) in [6, 6.07) is 17.6. The van der Waals surface area contributed by atoms with Gasteiger partial charge in [-0.1, -0.05) is 53.2 Å². The van der Waals surface area contributed by atoms with Gasteiger partial charge in [-0.05, 0) is 48.1 Å². The average Bonchev–Trinajstić information content (AvgIpc) is 3.03. The fourth-order valence-corrected chi connectivity index (χ4v) is 4.28. The summed E-state index contributed by atoms with van der Waals surface area (Å²) in [5, 5.41) is 5.26. The molecule has 1 fully saturated rings. The van der Waals surface area contributed by atoms with Crippen molar-refractivity contribution in [1.82, 2.24) is 5.43 Å². The van der Waals surface area contributed by atoms with Crippen LogP contribution in [0.2, 0.25) is 0 Å². The smallest absolute Gasteiger partial charge is 0.332 e. The van der Waals surface area contributed by atoms with E-state index in [2.05, 4.69) is 57.6 Å². The molecule has 0 unspecified atom stereocenters. The number of halogens is 1. The third kappa shape index (κ3) is 3.49. The first-order valence-electron chi connectivity index (χ1n) is 8.83. The van der Waals surface area contributed by atoms with E-state index < -0.39 is 6.03 Å². The van der Waals surface area contributed by atoms with Crippen molar-refractivity contribution in [2.24, 2.45) is 16.8 Å². The number of hydrogen-bond donors (Lipinski definition) is 2. The van der Waals surface area contributed by atoms with Gasteiger partial charge in [0.1, 0.15) is 11.3 Å². The predicted octanol–water partition coefficient (Wildman–Crippen LogP) is 4.94. The number of primary amides is 1. The lowest BCUT2D eigenvalue weighted by atomic mass is 9.58. The van der Waals surface area contributed by atoms with Crippen molar-refractivity contribution in [3.8, 4) is 0 Å². The molecule has 1 heterocycles. The zero-order valence-electron chi connectivity index (χ0n) is 14.9. The van der Waals surface area contributed by atoms with Crippen LogP contribution in [0.1, 0.15) is 31.1 Å². The maximum absolute atomic E-state index is 11.2. The van der Waals surface area contributed by atoms with E-state index in [4.69, 9.17) is 10.2 Å². The van der Waals surface area contributed by atoms with Gasteiger partial charge >= 0.3 is 6.03 Å². The topological polar surface area (TPSA) is 80.6 Å². The first-order valence-corrected chi connectivity index (χ1v) is 9.62. The van der Waals surface area contributed by atoms with Gasteiger partial charge in [-0.2, -0.15) is 5.10 Å². The highest BCUT2D eigenvalue weighted by Gasteiger charge is 2.44. The van der Waals surface area contributed by atoms with E-state index in [9.17, 15) is 4.79 Å². The standard InChI is InChI=1S/C21H20BrN3O2/c1-21(15-5-3-2-4-6-15)11-14(12-21)19(24-25-20(23)26)18-10-13-9-16(22)7-8-17(13)27-18/h2-10,14H,11-12H2,1H3,(H3,23,25,26)/b24-19+. The lowest BCUT2D eigenvalue weighted by Crippen LogP contribution is -2.43. The molecule has 3 N–H and O–H groups in total. The number of hydrazone groups is 1. The van der Waals surface area contributed by atoms with Gasteiger partial charge in [0.2, 0.25) is 0 Å². The number of fused-ring (bicyclic) bond motifs is 1. The molecule has 0 atom stereocenters. The van der Waals surface area contributed by atoms with Crippen molar-refractivity contribution in [3.05, 3.63) is 70.4 Å². The van der Waals surface area contributed by atoms with E-state index in [-0.39, 0.29) is 11.3 Å². The van der Waals surface area contributed by atoms with Crippen LogP contribution in [0.4, 0.5) is 4.79 Å². The lowest BCUT2D eigenvalue weighted by molar-refractivity contribution is 0.216. The molecule has 138 valence electrons. The van der Waals surface area contributed by atoms with E-state index in [1.807, 2.05) is 30.3 Å². The molecule has 0 saturated heterocycles. The van der Waals surface area contributed by atoms with Gasteiger partial charge in [-0.3, -0.25) is 0 Å². The minimum atomic E-state index is -0.684. The van der Waals surface area contributed by atoms with Crippen molar-refractivity contribution in [2.75, 3.05) is 0 Å². The Hall–Kier alpha value is -2.60. The number of rotatable bonds is 4. The van der Waals surface area contributed by atoms with Crippen LogP contribution in [0.15, 0.2) is 68.6 Å². The predicted molar refractivity (Wildman–Crippen MR) is 110 cm³/mol. The summed E-state index contributed by atoms with van der Waals surface area (Å²) in [6.07, 6.45) is 1.86. The van der Waals surface area contributed by atoms with Crippen LogP contribution in [0.25, 0.3) is 11.0 Å². The van der Waals surface area contributed by atoms with Gasteiger partial charge in [0, 0.05) is 15.8 Å². The monoisotopic (exact) mass is 425 g/mol. The van der Waals surface area contributed by atoms with Crippen LogP contribution in [-0.2, 0) is 5.41 Å². The molecule has 0 aliphatic heterocycles. The molecule has 4 rings (SSSR count). The molecular formula is C21H20BrN3O2. The van der Waals surface area contributed by atoms with Crippen molar-refractivity contribution < 1.29 is 9.21 Å². The number of hydrogen-bond acceptors (Lipinski definition) is 3. The van der Waals surface area contributed by atoms with Crippen LogP contribution >= 0.6 is 15.9 Å². The Balaban J connectivity index is 1.64. The van der Waals surface area contributed by atoms with Gasteiger partial charge in [0.15, 0.2) is 5.76 Å². The number of furan rings is 1. The maximum Gasteiger partial charge on any atom is 0.332 e. The molecule has 5 nitrogen and oxygen atoms in total. The Morgan fingerprint density at radius 1 is 1.22 bits per heavy atom. The third-order valence-electron chi connectivity index (χ3n) is 5.27. The van der Waals surface area contributed by atoms with Crippen LogP contribution < -0.4 is 11.2 Å². The van der Waals surface area contributed by atoms with E-state index in [0.29, 0.717) is 5.76 Å². The van der Waals surface area contributed by atoms with Gasteiger partial charge in [0.25, 0.3) is 0 Å². The minimum Gasteiger partial charge on any atom is -0.455 e. The summed E-state index contributed by atoms with van der Waals surface area (Å²) in [4.78, 5) is 11.2. The zero-order valence-corrected chi connectivity index (χ0v) is 16.5. The number of urea groups is 1. The molecule has 0 bridgehead atoms.